The third kappa shape index (κ3) is 18.0. The lowest BCUT2D eigenvalue weighted by Crippen LogP contribution is -2.27. The summed E-state index contributed by atoms with van der Waals surface area (Å²) in [4.78, 5) is 11.6. The Balaban J connectivity index is 1.83. The Hall–Kier alpha value is -1.76. The summed E-state index contributed by atoms with van der Waals surface area (Å²) in [6.07, 6.45) is -0.480. The molecule has 1 rings (SSSR count). The van der Waals surface area contributed by atoms with E-state index in [-0.39, 0.29) is 26.4 Å². The Labute approximate surface area is 243 Å². The Morgan fingerprint density at radius 3 is 1.10 bits per heavy atom. The first-order valence-electron chi connectivity index (χ1n) is 13.4. The highest BCUT2D eigenvalue weighted by Crippen LogP contribution is 2.29. The van der Waals surface area contributed by atoms with Crippen LogP contribution >= 0.6 is 0 Å². The topological polar surface area (TPSA) is 100 Å². The zero-order valence-corrected chi connectivity index (χ0v) is 25.3. The van der Waals surface area contributed by atoms with Crippen molar-refractivity contribution in [1.82, 2.24) is 0 Å². The quantitative estimate of drug-likeness (QED) is 0.0285. The molecule has 0 bridgehead atoms. The molecule has 42 heavy (non-hydrogen) atoms. The molecule has 0 aliphatic carbocycles. The van der Waals surface area contributed by atoms with E-state index in [4.69, 9.17) is 37.6 Å². The van der Waals surface area contributed by atoms with Crippen LogP contribution in [0.2, 0.25) is 19.6 Å². The van der Waals surface area contributed by atoms with Gasteiger partial charge in [0.05, 0.1) is 106 Å². The largest absolute Gasteiger partial charge is 0.420 e. The zero-order chi connectivity index (χ0) is 31.2. The monoisotopic (exact) mass is 636 g/mol. The summed E-state index contributed by atoms with van der Waals surface area (Å²) in [5.41, 5.74) is 0. The highest BCUT2D eigenvalue weighted by atomic mass is 28.4. The molecule has 10 nitrogen and oxygen atoms in total. The van der Waals surface area contributed by atoms with E-state index in [9.17, 15) is 26.7 Å². The number of rotatable bonds is 26. The van der Waals surface area contributed by atoms with Crippen LogP contribution in [0.1, 0.15) is 6.42 Å². The lowest BCUT2D eigenvalue weighted by molar-refractivity contribution is -0.136. The molecule has 1 aromatic carbocycles. The first-order chi connectivity index (χ1) is 20.0. The average Bonchev–Trinajstić information content (AvgIpc) is 2.94. The Kier molecular flexibility index (Phi) is 20.7. The van der Waals surface area contributed by atoms with E-state index in [2.05, 4.69) is 24.4 Å². The van der Waals surface area contributed by atoms with Crippen molar-refractivity contribution in [1.29, 1.82) is 0 Å². The maximum absolute atomic E-state index is 13.5. The number of benzene rings is 1. The molecule has 0 radical (unpaired) electrons. The highest BCUT2D eigenvalue weighted by molar-refractivity contribution is 6.69. The molecule has 0 amide bonds. The maximum atomic E-state index is 13.5. The fourth-order valence-electron chi connectivity index (χ4n) is 2.82. The molecule has 0 saturated heterocycles. The Morgan fingerprint density at radius 2 is 0.762 bits per heavy atom. The molecule has 0 aliphatic rings. The van der Waals surface area contributed by atoms with Crippen LogP contribution in [0.25, 0.3) is 0 Å². The molecule has 0 spiro atoms. The molecule has 0 unspecified atom stereocenters. The van der Waals surface area contributed by atoms with Gasteiger partial charge in [0, 0.05) is 0 Å². The predicted molar refractivity (Wildman–Crippen MR) is 142 cm³/mol. The number of hydrogen-bond acceptors (Lipinski definition) is 10. The minimum absolute atomic E-state index is 0.0893. The van der Waals surface area contributed by atoms with Crippen molar-refractivity contribution in [3.05, 3.63) is 29.1 Å². The van der Waals surface area contributed by atoms with Gasteiger partial charge in [-0.1, -0.05) is 0 Å². The van der Waals surface area contributed by atoms with Crippen LogP contribution in [0, 0.1) is 29.1 Å². The van der Waals surface area contributed by atoms with Gasteiger partial charge in [-0.05, 0) is 19.6 Å². The van der Waals surface area contributed by atoms with Gasteiger partial charge in [0.15, 0.2) is 8.32 Å². The van der Waals surface area contributed by atoms with E-state index in [1.54, 1.807) is 0 Å². The van der Waals surface area contributed by atoms with Gasteiger partial charge in [0.1, 0.15) is 0 Å². The minimum Gasteiger partial charge on any atom is -0.420 e. The fourth-order valence-corrected chi connectivity index (χ4v) is 3.52. The van der Waals surface area contributed by atoms with Crippen LogP contribution in [-0.2, 0) is 42.4 Å². The third-order valence-corrected chi connectivity index (χ3v) is 5.90. The number of halogens is 5. The van der Waals surface area contributed by atoms with Gasteiger partial charge in [0.25, 0.3) is 0 Å². The van der Waals surface area contributed by atoms with Gasteiger partial charge in [0.2, 0.25) is 34.8 Å². The van der Waals surface area contributed by atoms with Crippen molar-refractivity contribution in [2.24, 2.45) is 0 Å². The van der Waals surface area contributed by atoms with Gasteiger partial charge < -0.3 is 42.3 Å². The second-order valence-electron chi connectivity index (χ2n) is 9.37. The van der Waals surface area contributed by atoms with Gasteiger partial charge in [-0.25, -0.2) is 13.2 Å². The molecule has 0 heterocycles. The van der Waals surface area contributed by atoms with Gasteiger partial charge in [-0.3, -0.25) is 4.79 Å². The van der Waals surface area contributed by atoms with Crippen molar-refractivity contribution >= 4 is 14.3 Å². The first-order valence-corrected chi connectivity index (χ1v) is 16.9. The molecule has 16 heteroatoms. The molecular formula is C26H41F5O10Si. The summed E-state index contributed by atoms with van der Waals surface area (Å²) in [7, 11) is -1.49. The SMILES string of the molecule is C[Si](C)(C)OCCOCCOCCOCCOCCOCCOCCOCCC(=O)Oc1c(F)c(F)c(F)c(F)c1F. The van der Waals surface area contributed by atoms with E-state index in [0.29, 0.717) is 72.7 Å². The molecule has 0 N–H and O–H groups in total. The van der Waals surface area contributed by atoms with Crippen LogP contribution in [0.3, 0.4) is 0 Å². The second kappa shape index (κ2) is 22.7. The van der Waals surface area contributed by atoms with E-state index >= 15 is 0 Å². The van der Waals surface area contributed by atoms with E-state index in [1.807, 2.05) is 0 Å². The van der Waals surface area contributed by atoms with Crippen LogP contribution in [0.15, 0.2) is 0 Å². The highest BCUT2D eigenvalue weighted by Gasteiger charge is 2.28. The summed E-state index contributed by atoms with van der Waals surface area (Å²) in [6, 6.07) is 0. The zero-order valence-electron chi connectivity index (χ0n) is 24.3. The van der Waals surface area contributed by atoms with Crippen molar-refractivity contribution < 1.29 is 69.1 Å². The number of ether oxygens (including phenoxy) is 8. The summed E-state index contributed by atoms with van der Waals surface area (Å²) in [5.74, 6) is -14.1. The Bertz CT molecular complexity index is 863. The van der Waals surface area contributed by atoms with Crippen LogP contribution in [0.5, 0.6) is 5.75 Å². The number of carbonyl (C=O) groups is 1. The summed E-state index contributed by atoms with van der Waals surface area (Å²) in [6.45, 7) is 11.8. The van der Waals surface area contributed by atoms with Gasteiger partial charge in [-0.15, -0.1) is 0 Å². The van der Waals surface area contributed by atoms with Gasteiger partial charge >= 0.3 is 5.97 Å². The third-order valence-electron chi connectivity index (χ3n) is 4.83. The summed E-state index contributed by atoms with van der Waals surface area (Å²) in [5, 5.41) is 0. The van der Waals surface area contributed by atoms with E-state index in [1.165, 1.54) is 0 Å². The van der Waals surface area contributed by atoms with E-state index < -0.39 is 55.5 Å². The smallest absolute Gasteiger partial charge is 0.313 e. The first kappa shape index (κ1) is 38.3. The average molecular weight is 637 g/mol. The maximum Gasteiger partial charge on any atom is 0.313 e. The molecule has 0 aliphatic heterocycles. The fraction of sp³-hybridized carbons (Fsp3) is 0.731. The molecule has 0 aromatic heterocycles. The lowest BCUT2D eigenvalue weighted by Gasteiger charge is -2.16. The van der Waals surface area contributed by atoms with Crippen molar-refractivity contribution in [2.45, 2.75) is 26.1 Å². The number of hydrogen-bond donors (Lipinski definition) is 0. The number of esters is 1. The number of carbonyl (C=O) groups excluding carboxylic acids is 1. The molecule has 0 atom stereocenters. The standard InChI is InChI=1S/C26H41F5O10Si/c1-42(2,3)40-19-18-39-17-16-38-15-14-37-13-12-36-11-10-35-9-8-34-7-6-33-5-4-20(32)41-26-24(30)22(28)21(27)23(29)25(26)31/h4-19H2,1-3H3. The normalized spacial score (nSPS) is 11.8. The van der Waals surface area contributed by atoms with Crippen LogP contribution in [0.4, 0.5) is 22.0 Å². The predicted octanol–water partition coefficient (Wildman–Crippen LogP) is 3.65. The lowest BCUT2D eigenvalue weighted by atomic mass is 10.2. The second-order valence-corrected chi connectivity index (χ2v) is 13.9. The summed E-state index contributed by atoms with van der Waals surface area (Å²) < 4.78 is 114. The van der Waals surface area contributed by atoms with Crippen LogP contribution in [-0.4, -0.2) is 113 Å². The van der Waals surface area contributed by atoms with Gasteiger partial charge in [-0.2, -0.15) is 8.78 Å². The molecule has 244 valence electrons. The van der Waals surface area contributed by atoms with Crippen molar-refractivity contribution in [3.8, 4) is 5.75 Å². The van der Waals surface area contributed by atoms with E-state index in [0.717, 1.165) is 0 Å². The minimum atomic E-state index is -2.34. The van der Waals surface area contributed by atoms with Crippen molar-refractivity contribution in [3.63, 3.8) is 0 Å². The molecule has 0 saturated carbocycles. The Morgan fingerprint density at radius 1 is 0.476 bits per heavy atom. The van der Waals surface area contributed by atoms with Crippen molar-refractivity contribution in [2.75, 3.05) is 99.1 Å². The summed E-state index contributed by atoms with van der Waals surface area (Å²) >= 11 is 0. The molecule has 0 fully saturated rings. The molecule has 1 aromatic rings. The molecular weight excluding hydrogens is 595 g/mol. The van der Waals surface area contributed by atoms with Crippen LogP contribution < -0.4 is 4.74 Å².